The van der Waals surface area contributed by atoms with Crippen LogP contribution in [0, 0.1) is 5.92 Å². The van der Waals surface area contributed by atoms with Gasteiger partial charge in [0.05, 0.1) is 5.69 Å². The lowest BCUT2D eigenvalue weighted by molar-refractivity contribution is -0.141. The number of aryl methyl sites for hydroxylation is 1. The summed E-state index contributed by atoms with van der Waals surface area (Å²) in [6.45, 7) is 5.71. The number of likely N-dealkylation sites (tertiary alicyclic amines) is 1. The lowest BCUT2D eigenvalue weighted by atomic mass is 9.93. The van der Waals surface area contributed by atoms with Gasteiger partial charge in [-0.15, -0.1) is 0 Å². The van der Waals surface area contributed by atoms with Crippen molar-refractivity contribution in [3.63, 3.8) is 0 Å². The van der Waals surface area contributed by atoms with E-state index in [1.165, 1.54) is 19.4 Å². The molecule has 3 heterocycles. The van der Waals surface area contributed by atoms with Crippen LogP contribution in [0.2, 0.25) is 0 Å². The first-order chi connectivity index (χ1) is 10.2. The van der Waals surface area contributed by atoms with Crippen LogP contribution in [0.1, 0.15) is 50.2 Å². The maximum absolute atomic E-state index is 11.3. The van der Waals surface area contributed by atoms with Crippen molar-refractivity contribution in [2.24, 2.45) is 5.92 Å². The van der Waals surface area contributed by atoms with E-state index in [1.54, 1.807) is 0 Å². The summed E-state index contributed by atoms with van der Waals surface area (Å²) >= 11 is 0. The molecule has 1 aromatic rings. The zero-order valence-electron chi connectivity index (χ0n) is 12.8. The van der Waals surface area contributed by atoms with Crippen molar-refractivity contribution in [2.45, 2.75) is 51.5 Å². The fraction of sp³-hybridized carbons (Fsp3) is 0.750. The first-order valence-electron chi connectivity index (χ1n) is 8.19. The van der Waals surface area contributed by atoms with Crippen molar-refractivity contribution >= 4 is 5.97 Å². The number of hydrogen-bond acceptors (Lipinski definition) is 3. The highest BCUT2D eigenvalue weighted by Crippen LogP contribution is 2.27. The van der Waals surface area contributed by atoms with Crippen LogP contribution >= 0.6 is 0 Å². The minimum atomic E-state index is -0.727. The Kier molecular flexibility index (Phi) is 4.29. The maximum atomic E-state index is 11.3. The minimum Gasteiger partial charge on any atom is -0.480 e. The van der Waals surface area contributed by atoms with E-state index in [0.29, 0.717) is 5.92 Å². The summed E-state index contributed by atoms with van der Waals surface area (Å²) in [7, 11) is 0. The van der Waals surface area contributed by atoms with E-state index in [0.717, 1.165) is 50.3 Å². The van der Waals surface area contributed by atoms with Crippen LogP contribution in [0.4, 0.5) is 0 Å². The molecule has 0 saturated carbocycles. The maximum Gasteiger partial charge on any atom is 0.326 e. The Bertz CT molecular complexity index is 512. The van der Waals surface area contributed by atoms with Crippen LogP contribution < -0.4 is 0 Å². The van der Waals surface area contributed by atoms with Gasteiger partial charge in [0.15, 0.2) is 0 Å². The molecule has 1 N–H and O–H groups in total. The smallest absolute Gasteiger partial charge is 0.326 e. The Morgan fingerprint density at radius 2 is 2.29 bits per heavy atom. The Balaban J connectivity index is 1.71. The van der Waals surface area contributed by atoms with E-state index >= 15 is 0 Å². The third kappa shape index (κ3) is 3.12. The SMILES string of the molecule is CCN1CCCC(Cc2cn3c(n2)CCCC3C(=O)O)C1. The van der Waals surface area contributed by atoms with Gasteiger partial charge >= 0.3 is 5.97 Å². The second kappa shape index (κ2) is 6.18. The second-order valence-corrected chi connectivity index (χ2v) is 6.41. The number of piperidine rings is 1. The number of imidazole rings is 1. The van der Waals surface area contributed by atoms with Gasteiger partial charge in [-0.05, 0) is 51.1 Å². The van der Waals surface area contributed by atoms with Crippen LogP contribution in [-0.4, -0.2) is 45.2 Å². The third-order valence-corrected chi connectivity index (χ3v) is 4.91. The van der Waals surface area contributed by atoms with E-state index in [9.17, 15) is 9.90 Å². The number of aromatic nitrogens is 2. The number of carbonyl (C=O) groups is 1. The molecule has 0 bridgehead atoms. The Morgan fingerprint density at radius 3 is 3.05 bits per heavy atom. The molecule has 2 aliphatic rings. The molecule has 5 heteroatoms. The standard InChI is InChI=1S/C16H25N3O2/c1-2-18-8-4-5-12(10-18)9-13-11-19-14(16(20)21)6-3-7-15(19)17-13/h11-12,14H,2-10H2,1H3,(H,20,21). The Morgan fingerprint density at radius 1 is 1.43 bits per heavy atom. The largest absolute Gasteiger partial charge is 0.480 e. The van der Waals surface area contributed by atoms with E-state index in [2.05, 4.69) is 11.8 Å². The highest BCUT2D eigenvalue weighted by Gasteiger charge is 2.28. The van der Waals surface area contributed by atoms with Gasteiger partial charge in [0.1, 0.15) is 11.9 Å². The Hall–Kier alpha value is -1.36. The van der Waals surface area contributed by atoms with E-state index in [-0.39, 0.29) is 0 Å². The molecule has 0 aromatic carbocycles. The molecule has 1 saturated heterocycles. The average molecular weight is 291 g/mol. The van der Waals surface area contributed by atoms with Gasteiger partial charge in [-0.25, -0.2) is 9.78 Å². The quantitative estimate of drug-likeness (QED) is 0.923. The summed E-state index contributed by atoms with van der Waals surface area (Å²) in [4.78, 5) is 18.6. The van der Waals surface area contributed by atoms with Crippen molar-refractivity contribution in [1.29, 1.82) is 0 Å². The predicted molar refractivity (Wildman–Crippen MR) is 80.4 cm³/mol. The normalized spacial score (nSPS) is 26.5. The molecule has 2 unspecified atom stereocenters. The number of fused-ring (bicyclic) bond motifs is 1. The number of carboxylic acids is 1. The molecule has 2 aliphatic heterocycles. The van der Waals surface area contributed by atoms with E-state index in [4.69, 9.17) is 4.98 Å². The molecule has 1 fully saturated rings. The van der Waals surface area contributed by atoms with Crippen molar-refractivity contribution in [3.05, 3.63) is 17.7 Å². The van der Waals surface area contributed by atoms with Crippen LogP contribution in [0.3, 0.4) is 0 Å². The summed E-state index contributed by atoms with van der Waals surface area (Å²) in [5.41, 5.74) is 1.08. The predicted octanol–water partition coefficient (Wildman–Crippen LogP) is 2.12. The minimum absolute atomic E-state index is 0.409. The molecule has 0 aliphatic carbocycles. The lowest BCUT2D eigenvalue weighted by Crippen LogP contribution is -2.35. The topological polar surface area (TPSA) is 58.4 Å². The molecule has 5 nitrogen and oxygen atoms in total. The summed E-state index contributed by atoms with van der Waals surface area (Å²) < 4.78 is 1.90. The van der Waals surface area contributed by atoms with Gasteiger partial charge in [0, 0.05) is 19.2 Å². The molecule has 0 amide bonds. The van der Waals surface area contributed by atoms with Crippen LogP contribution in [0.25, 0.3) is 0 Å². The van der Waals surface area contributed by atoms with E-state index < -0.39 is 12.0 Å². The van der Waals surface area contributed by atoms with Crippen LogP contribution in [0.5, 0.6) is 0 Å². The van der Waals surface area contributed by atoms with Crippen LogP contribution in [-0.2, 0) is 17.6 Å². The van der Waals surface area contributed by atoms with Gasteiger partial charge in [-0.1, -0.05) is 6.92 Å². The zero-order chi connectivity index (χ0) is 14.8. The molecule has 116 valence electrons. The van der Waals surface area contributed by atoms with Gasteiger partial charge in [-0.3, -0.25) is 0 Å². The molecule has 2 atom stereocenters. The monoisotopic (exact) mass is 291 g/mol. The molecule has 1 aromatic heterocycles. The van der Waals surface area contributed by atoms with Crippen molar-refractivity contribution < 1.29 is 9.90 Å². The zero-order valence-corrected chi connectivity index (χ0v) is 12.8. The molecule has 0 spiro atoms. The average Bonchev–Trinajstić information content (AvgIpc) is 2.89. The number of rotatable bonds is 4. The molecular formula is C16H25N3O2. The third-order valence-electron chi connectivity index (χ3n) is 4.91. The van der Waals surface area contributed by atoms with Crippen LogP contribution in [0.15, 0.2) is 6.20 Å². The first kappa shape index (κ1) is 14.6. The van der Waals surface area contributed by atoms with Gasteiger partial charge in [-0.2, -0.15) is 0 Å². The molecule has 0 radical (unpaired) electrons. The highest BCUT2D eigenvalue weighted by atomic mass is 16.4. The number of aliphatic carboxylic acids is 1. The molecule has 3 rings (SSSR count). The van der Waals surface area contributed by atoms with Gasteiger partial charge < -0.3 is 14.6 Å². The van der Waals surface area contributed by atoms with Crippen molar-refractivity contribution in [1.82, 2.24) is 14.5 Å². The number of carboxylic acid groups (broad SMARTS) is 1. The summed E-state index contributed by atoms with van der Waals surface area (Å²) in [5, 5.41) is 9.33. The fourth-order valence-electron chi connectivity index (χ4n) is 3.78. The first-order valence-corrected chi connectivity index (χ1v) is 8.19. The summed E-state index contributed by atoms with van der Waals surface area (Å²) in [6, 6.07) is -0.409. The highest BCUT2D eigenvalue weighted by molar-refractivity contribution is 5.72. The molecular weight excluding hydrogens is 266 g/mol. The second-order valence-electron chi connectivity index (χ2n) is 6.41. The van der Waals surface area contributed by atoms with Crippen molar-refractivity contribution in [3.8, 4) is 0 Å². The summed E-state index contributed by atoms with van der Waals surface area (Å²) in [6.07, 6.45) is 8.09. The summed E-state index contributed by atoms with van der Waals surface area (Å²) in [5.74, 6) is 0.903. The fourth-order valence-corrected chi connectivity index (χ4v) is 3.78. The van der Waals surface area contributed by atoms with Crippen molar-refractivity contribution in [2.75, 3.05) is 19.6 Å². The molecule has 21 heavy (non-hydrogen) atoms. The lowest BCUT2D eigenvalue weighted by Gasteiger charge is -2.31. The Labute approximate surface area is 126 Å². The number of hydrogen-bond donors (Lipinski definition) is 1. The van der Waals surface area contributed by atoms with Gasteiger partial charge in [0.2, 0.25) is 0 Å². The number of nitrogens with zero attached hydrogens (tertiary/aromatic N) is 3. The van der Waals surface area contributed by atoms with E-state index in [1.807, 2.05) is 10.8 Å². The van der Waals surface area contributed by atoms with Gasteiger partial charge in [0.25, 0.3) is 0 Å².